The van der Waals surface area contributed by atoms with Gasteiger partial charge in [-0.3, -0.25) is 9.59 Å². The minimum Gasteiger partial charge on any atom is -0.545 e. The molecule has 0 aromatic heterocycles. The van der Waals surface area contributed by atoms with Crippen LogP contribution in [0.25, 0.3) is 0 Å². The summed E-state index contributed by atoms with van der Waals surface area (Å²) in [6, 6.07) is 0. The van der Waals surface area contributed by atoms with E-state index in [1.165, 1.54) is 212 Å². The number of carbonyl (C=O) groups excluding carboxylic acids is 3. The average molecular weight is 1250 g/mol. The number of aliphatic carboxylic acids is 1. The number of carbonyl (C=O) groups is 3. The van der Waals surface area contributed by atoms with Gasteiger partial charge in [-0.15, -0.1) is 0 Å². The summed E-state index contributed by atoms with van der Waals surface area (Å²) in [5, 5.41) is 11.8. The number of hydrogen-bond donors (Lipinski definition) is 0. The minimum absolute atomic E-state index is 0.145. The van der Waals surface area contributed by atoms with Gasteiger partial charge >= 0.3 is 11.9 Å². The van der Waals surface area contributed by atoms with E-state index in [4.69, 9.17) is 18.9 Å². The topological polar surface area (TPSA) is 111 Å². The second kappa shape index (κ2) is 70.1. The highest BCUT2D eigenvalue weighted by Gasteiger charge is 2.22. The fourth-order valence-corrected chi connectivity index (χ4v) is 10.6. The Morgan fingerprint density at radius 2 is 0.640 bits per heavy atom. The fraction of sp³-hybridized carbons (Fsp3) is 0.762. The highest BCUT2D eigenvalue weighted by Crippen LogP contribution is 2.18. The molecule has 2 unspecified atom stereocenters. The van der Waals surface area contributed by atoms with Gasteiger partial charge in [0.05, 0.1) is 40.3 Å². The summed E-state index contributed by atoms with van der Waals surface area (Å²) < 4.78 is 22.8. The molecule has 0 fully saturated rings. The van der Waals surface area contributed by atoms with E-state index in [0.717, 1.165) is 89.9 Å². The molecule has 0 aliphatic rings. The van der Waals surface area contributed by atoms with Crippen molar-refractivity contribution in [3.8, 4) is 0 Å². The van der Waals surface area contributed by atoms with Crippen molar-refractivity contribution in [2.75, 3.05) is 47.5 Å². The van der Waals surface area contributed by atoms with Crippen LogP contribution in [0.1, 0.15) is 335 Å². The first kappa shape index (κ1) is 85.2. The summed E-state index contributed by atoms with van der Waals surface area (Å²) in [6.07, 6.45) is 93.7. The van der Waals surface area contributed by atoms with E-state index in [0.29, 0.717) is 17.4 Å². The Hall–Kier alpha value is -3.79. The Morgan fingerprint density at radius 3 is 0.955 bits per heavy atom. The fourth-order valence-electron chi connectivity index (χ4n) is 10.6. The third kappa shape index (κ3) is 71.5. The zero-order valence-corrected chi connectivity index (χ0v) is 58.8. The molecule has 9 heteroatoms. The number of carboxylic acid groups (broad SMARTS) is 1. The van der Waals surface area contributed by atoms with Crippen molar-refractivity contribution in [3.05, 3.63) is 97.2 Å². The molecule has 0 radical (unpaired) electrons. The van der Waals surface area contributed by atoms with Gasteiger partial charge in [0.2, 0.25) is 0 Å². The average Bonchev–Trinajstić information content (AvgIpc) is 3.64. The lowest BCUT2D eigenvalue weighted by atomic mass is 10.0. The predicted molar refractivity (Wildman–Crippen MR) is 380 cm³/mol. The number of hydrogen-bond acceptors (Lipinski definition) is 8. The first-order valence-corrected chi connectivity index (χ1v) is 37.4. The van der Waals surface area contributed by atoms with Crippen LogP contribution in [-0.2, 0) is 33.3 Å². The molecular formula is C80H141NO8. The number of quaternary nitrogens is 1. The number of likely N-dealkylation sites (N-methyl/N-ethyl adjacent to an activating group) is 1. The summed E-state index contributed by atoms with van der Waals surface area (Å²) in [6.45, 7) is 4.65. The lowest BCUT2D eigenvalue weighted by Gasteiger charge is -2.26. The third-order valence-corrected chi connectivity index (χ3v) is 16.3. The zero-order chi connectivity index (χ0) is 64.7. The largest absolute Gasteiger partial charge is 0.545 e. The highest BCUT2D eigenvalue weighted by molar-refractivity contribution is 5.70. The van der Waals surface area contributed by atoms with Gasteiger partial charge in [-0.25, -0.2) is 0 Å². The summed E-state index contributed by atoms with van der Waals surface area (Å²) >= 11 is 0. The SMILES string of the molecule is CC/C=C\C/C=C\C/C=C\C/C=C\C/C=C\CCCCCCCCCCCCCCCCCCCCCCCCCCCC(=O)OC(COC(=O)CCCCCCCCCC/C=C\C/C=C\C/C=C\CCCCCCC)COC(OCC[N+](C)(C)C)C(=O)[O-]. The monoisotopic (exact) mass is 1240 g/mol. The van der Waals surface area contributed by atoms with E-state index >= 15 is 0 Å². The second-order valence-electron chi connectivity index (χ2n) is 26.2. The molecule has 0 heterocycles. The van der Waals surface area contributed by atoms with Crippen LogP contribution in [-0.4, -0.2) is 82.3 Å². The second-order valence-corrected chi connectivity index (χ2v) is 26.2. The molecule has 0 spiro atoms. The molecule has 0 rings (SSSR count). The minimum atomic E-state index is -1.63. The van der Waals surface area contributed by atoms with Crippen LogP contribution in [0.3, 0.4) is 0 Å². The van der Waals surface area contributed by atoms with Gasteiger partial charge in [0.25, 0.3) is 0 Å². The normalized spacial score (nSPS) is 13.2. The number of esters is 2. The number of carboxylic acids is 1. The van der Waals surface area contributed by atoms with E-state index in [9.17, 15) is 19.5 Å². The number of nitrogens with zero attached hydrogens (tertiary/aromatic N) is 1. The molecule has 0 saturated heterocycles. The van der Waals surface area contributed by atoms with Crippen LogP contribution in [0.5, 0.6) is 0 Å². The lowest BCUT2D eigenvalue weighted by molar-refractivity contribution is -0.870. The maximum Gasteiger partial charge on any atom is 0.306 e. The van der Waals surface area contributed by atoms with Gasteiger partial charge in [-0.1, -0.05) is 323 Å². The summed E-state index contributed by atoms with van der Waals surface area (Å²) in [5.74, 6) is -2.28. The van der Waals surface area contributed by atoms with Crippen molar-refractivity contribution in [2.45, 2.75) is 347 Å². The zero-order valence-electron chi connectivity index (χ0n) is 58.8. The van der Waals surface area contributed by atoms with Crippen molar-refractivity contribution in [3.63, 3.8) is 0 Å². The van der Waals surface area contributed by atoms with Gasteiger partial charge in [0.1, 0.15) is 13.2 Å². The molecule has 0 aromatic carbocycles. The van der Waals surface area contributed by atoms with Crippen molar-refractivity contribution in [1.29, 1.82) is 0 Å². The molecule has 0 saturated carbocycles. The Labute approximate surface area is 550 Å². The van der Waals surface area contributed by atoms with E-state index in [2.05, 4.69) is 111 Å². The number of unbranched alkanes of at least 4 members (excludes halogenated alkanes) is 38. The van der Waals surface area contributed by atoms with Crippen LogP contribution >= 0.6 is 0 Å². The molecule has 89 heavy (non-hydrogen) atoms. The Kier molecular flexibility index (Phi) is 67.1. The van der Waals surface area contributed by atoms with Crippen LogP contribution in [0.15, 0.2) is 97.2 Å². The third-order valence-electron chi connectivity index (χ3n) is 16.3. The molecule has 0 amide bonds. The van der Waals surface area contributed by atoms with Crippen molar-refractivity contribution in [2.24, 2.45) is 0 Å². The molecule has 9 nitrogen and oxygen atoms in total. The van der Waals surface area contributed by atoms with E-state index in [-0.39, 0.29) is 38.6 Å². The van der Waals surface area contributed by atoms with Crippen LogP contribution in [0.4, 0.5) is 0 Å². The lowest BCUT2D eigenvalue weighted by Crippen LogP contribution is -2.44. The Bertz CT molecular complexity index is 1790. The molecule has 0 N–H and O–H groups in total. The standard InChI is InChI=1S/C80H141NO8/c1-6-8-10-12-14-16-18-20-22-24-26-28-30-31-32-33-34-35-36-37-38-39-40-41-42-43-44-45-46-47-49-51-53-55-57-59-61-63-65-67-69-71-78(83)89-76(75-88-80(79(84)85)86-73-72-81(3,4)5)74-87-77(82)70-68-66-64-62-60-58-56-54-52-50-48-29-27-25-23-21-19-17-15-13-11-9-7-2/h8,10,14,16,19-22,25-28,31-32,48,50,76,80H,6-7,9,11-13,15,17-18,23-24,29-30,33-47,49,51-75H2,1-5H3/b10-8-,16-14-,21-19-,22-20-,27-25-,28-26-,32-31-,50-48-. The molecule has 0 aliphatic carbocycles. The van der Waals surface area contributed by atoms with E-state index in [1.54, 1.807) is 0 Å². The van der Waals surface area contributed by atoms with Crippen molar-refractivity contribution >= 4 is 17.9 Å². The smallest absolute Gasteiger partial charge is 0.306 e. The molecule has 514 valence electrons. The van der Waals surface area contributed by atoms with Crippen molar-refractivity contribution < 1.29 is 42.9 Å². The van der Waals surface area contributed by atoms with Gasteiger partial charge in [-0.05, 0) is 96.3 Å². The van der Waals surface area contributed by atoms with E-state index < -0.39 is 24.3 Å². The summed E-state index contributed by atoms with van der Waals surface area (Å²) in [4.78, 5) is 37.5. The molecule has 0 bridgehead atoms. The maximum absolute atomic E-state index is 12.9. The molecule has 2 atom stereocenters. The summed E-state index contributed by atoms with van der Waals surface area (Å²) in [7, 11) is 5.93. The summed E-state index contributed by atoms with van der Waals surface area (Å²) in [5.41, 5.74) is 0. The molecule has 0 aliphatic heterocycles. The van der Waals surface area contributed by atoms with Crippen LogP contribution < -0.4 is 5.11 Å². The number of rotatable bonds is 69. The Morgan fingerprint density at radius 1 is 0.348 bits per heavy atom. The van der Waals surface area contributed by atoms with Gasteiger partial charge < -0.3 is 33.3 Å². The maximum atomic E-state index is 12.9. The van der Waals surface area contributed by atoms with Gasteiger partial charge in [-0.2, -0.15) is 0 Å². The van der Waals surface area contributed by atoms with Crippen LogP contribution in [0.2, 0.25) is 0 Å². The number of ether oxygens (including phenoxy) is 4. The van der Waals surface area contributed by atoms with E-state index in [1.807, 2.05) is 21.1 Å². The van der Waals surface area contributed by atoms with Crippen LogP contribution in [0, 0.1) is 0 Å². The first-order chi connectivity index (χ1) is 43.6. The first-order valence-electron chi connectivity index (χ1n) is 37.4. The Balaban J connectivity index is 4.00. The van der Waals surface area contributed by atoms with Gasteiger partial charge in [0, 0.05) is 12.8 Å². The predicted octanol–water partition coefficient (Wildman–Crippen LogP) is 22.3. The van der Waals surface area contributed by atoms with Crippen molar-refractivity contribution in [1.82, 2.24) is 0 Å². The molecule has 0 aromatic rings. The quantitative estimate of drug-likeness (QED) is 0.0195. The van der Waals surface area contributed by atoms with Gasteiger partial charge in [0.15, 0.2) is 12.4 Å². The number of allylic oxidation sites excluding steroid dienone is 16. The highest BCUT2D eigenvalue weighted by atomic mass is 16.7. The molecular weight excluding hydrogens is 1100 g/mol.